The van der Waals surface area contributed by atoms with Crippen molar-refractivity contribution in [2.45, 2.75) is 38.5 Å². The number of benzene rings is 1. The molecule has 4 heteroatoms. The van der Waals surface area contributed by atoms with Crippen molar-refractivity contribution in [2.75, 3.05) is 6.61 Å². The van der Waals surface area contributed by atoms with Crippen molar-refractivity contribution in [3.05, 3.63) is 35.1 Å². The maximum atomic E-state index is 13.9. The van der Waals surface area contributed by atoms with Crippen LogP contribution in [0.25, 0.3) is 0 Å². The average Bonchev–Trinajstić information content (AvgIpc) is 2.69. The second kappa shape index (κ2) is 5.05. The summed E-state index contributed by atoms with van der Waals surface area (Å²) in [5, 5.41) is 12.1. The Morgan fingerprint density at radius 3 is 3.00 bits per heavy atom. The number of hydrogen-bond donors (Lipinski definition) is 1. The Balaban J connectivity index is 2.09. The molecule has 2 rings (SSSR count). The van der Waals surface area contributed by atoms with Gasteiger partial charge in [-0.25, -0.2) is 4.39 Å². The second-order valence-electron chi connectivity index (χ2n) is 4.92. The molecular formula is C14H17FN2O. The van der Waals surface area contributed by atoms with Gasteiger partial charge in [-0.1, -0.05) is 12.1 Å². The molecule has 0 aromatic heterocycles. The van der Waals surface area contributed by atoms with Crippen molar-refractivity contribution in [1.29, 1.82) is 5.26 Å². The molecule has 0 spiro atoms. The van der Waals surface area contributed by atoms with E-state index in [1.807, 2.05) is 13.0 Å². The van der Waals surface area contributed by atoms with Gasteiger partial charge in [-0.3, -0.25) is 0 Å². The van der Waals surface area contributed by atoms with Crippen LogP contribution in [0.1, 0.15) is 31.4 Å². The Morgan fingerprint density at radius 1 is 1.61 bits per heavy atom. The monoisotopic (exact) mass is 248 g/mol. The van der Waals surface area contributed by atoms with E-state index in [1.54, 1.807) is 12.1 Å². The average molecular weight is 248 g/mol. The van der Waals surface area contributed by atoms with E-state index in [2.05, 4.69) is 12.2 Å². The summed E-state index contributed by atoms with van der Waals surface area (Å²) in [6, 6.07) is 6.75. The van der Waals surface area contributed by atoms with Gasteiger partial charge in [-0.05, 0) is 26.3 Å². The maximum absolute atomic E-state index is 13.9. The highest BCUT2D eigenvalue weighted by Gasteiger charge is 2.36. The summed E-state index contributed by atoms with van der Waals surface area (Å²) in [5.41, 5.74) is 0.485. The van der Waals surface area contributed by atoms with E-state index < -0.39 is 5.82 Å². The van der Waals surface area contributed by atoms with Crippen LogP contribution < -0.4 is 5.32 Å². The molecule has 0 bridgehead atoms. The maximum Gasteiger partial charge on any atom is 0.145 e. The standard InChI is InChI=1S/C14H17FN2O/c1-10-14(2,6-7-18-10)17-9-12-5-3-4-11(8-16)13(12)15/h3-5,10,17H,6-7,9H2,1-2H3. The molecule has 0 aliphatic carbocycles. The minimum atomic E-state index is -0.428. The van der Waals surface area contributed by atoms with E-state index in [0.717, 1.165) is 13.0 Å². The summed E-state index contributed by atoms with van der Waals surface area (Å²) in [7, 11) is 0. The molecule has 3 nitrogen and oxygen atoms in total. The lowest BCUT2D eigenvalue weighted by molar-refractivity contribution is 0.0880. The lowest BCUT2D eigenvalue weighted by Crippen LogP contribution is -2.47. The molecule has 0 amide bonds. The Hall–Kier alpha value is -1.44. The normalized spacial score (nSPS) is 27.1. The van der Waals surface area contributed by atoms with Crippen LogP contribution in [0.15, 0.2) is 18.2 Å². The van der Waals surface area contributed by atoms with Crippen LogP contribution in [-0.2, 0) is 11.3 Å². The van der Waals surface area contributed by atoms with Crippen LogP contribution >= 0.6 is 0 Å². The zero-order valence-corrected chi connectivity index (χ0v) is 10.7. The third-order valence-corrected chi connectivity index (χ3v) is 3.77. The largest absolute Gasteiger partial charge is 0.377 e. The molecule has 18 heavy (non-hydrogen) atoms. The molecule has 1 N–H and O–H groups in total. The number of nitriles is 1. The first-order valence-corrected chi connectivity index (χ1v) is 6.11. The number of rotatable bonds is 3. The molecule has 96 valence electrons. The first-order valence-electron chi connectivity index (χ1n) is 6.11. The van der Waals surface area contributed by atoms with Gasteiger partial charge in [0.15, 0.2) is 0 Å². The van der Waals surface area contributed by atoms with Gasteiger partial charge in [0.1, 0.15) is 11.9 Å². The number of halogens is 1. The molecular weight excluding hydrogens is 231 g/mol. The molecule has 1 heterocycles. The van der Waals surface area contributed by atoms with Crippen molar-refractivity contribution in [3.63, 3.8) is 0 Å². The zero-order valence-electron chi connectivity index (χ0n) is 10.7. The fourth-order valence-electron chi connectivity index (χ4n) is 2.17. The third-order valence-electron chi connectivity index (χ3n) is 3.77. The molecule has 0 saturated carbocycles. The van der Waals surface area contributed by atoms with Crippen LogP contribution in [0.4, 0.5) is 4.39 Å². The summed E-state index contributed by atoms with van der Waals surface area (Å²) in [6.07, 6.45) is 1.02. The molecule has 1 aromatic rings. The van der Waals surface area contributed by atoms with Gasteiger partial charge < -0.3 is 10.1 Å². The van der Waals surface area contributed by atoms with Gasteiger partial charge in [-0.2, -0.15) is 5.26 Å². The number of nitrogens with zero attached hydrogens (tertiary/aromatic N) is 1. The van der Waals surface area contributed by atoms with Crippen molar-refractivity contribution in [2.24, 2.45) is 0 Å². The van der Waals surface area contributed by atoms with E-state index >= 15 is 0 Å². The summed E-state index contributed by atoms with van der Waals surface area (Å²) in [6.45, 7) is 5.23. The molecule has 1 aliphatic rings. The van der Waals surface area contributed by atoms with Crippen LogP contribution in [0.3, 0.4) is 0 Å². The molecule has 2 atom stereocenters. The Bertz CT molecular complexity index is 483. The Kier molecular flexibility index (Phi) is 3.65. The lowest BCUT2D eigenvalue weighted by Gasteiger charge is -2.29. The van der Waals surface area contributed by atoms with Gasteiger partial charge >= 0.3 is 0 Å². The summed E-state index contributed by atoms with van der Waals surface area (Å²) < 4.78 is 19.4. The van der Waals surface area contributed by atoms with E-state index in [9.17, 15) is 4.39 Å². The van der Waals surface area contributed by atoms with Gasteiger partial charge in [0.25, 0.3) is 0 Å². The Labute approximate surface area is 107 Å². The Morgan fingerprint density at radius 2 is 2.39 bits per heavy atom. The highest BCUT2D eigenvalue weighted by molar-refractivity contribution is 5.35. The summed E-state index contributed by atoms with van der Waals surface area (Å²) in [5.74, 6) is -0.428. The number of ether oxygens (including phenoxy) is 1. The predicted molar refractivity (Wildman–Crippen MR) is 66.4 cm³/mol. The highest BCUT2D eigenvalue weighted by Crippen LogP contribution is 2.25. The van der Waals surface area contributed by atoms with E-state index in [1.165, 1.54) is 6.07 Å². The van der Waals surface area contributed by atoms with E-state index in [0.29, 0.717) is 12.1 Å². The number of hydrogen-bond acceptors (Lipinski definition) is 3. The van der Waals surface area contributed by atoms with Crippen LogP contribution in [0.2, 0.25) is 0 Å². The highest BCUT2D eigenvalue weighted by atomic mass is 19.1. The fraction of sp³-hybridized carbons (Fsp3) is 0.500. The molecule has 0 radical (unpaired) electrons. The van der Waals surface area contributed by atoms with Gasteiger partial charge in [-0.15, -0.1) is 0 Å². The number of nitrogens with one attached hydrogen (secondary N) is 1. The first kappa shape index (κ1) is 13.0. The summed E-state index contributed by atoms with van der Waals surface area (Å²) >= 11 is 0. The van der Waals surface area contributed by atoms with Gasteiger partial charge in [0.05, 0.1) is 11.7 Å². The lowest BCUT2D eigenvalue weighted by atomic mass is 9.94. The molecule has 1 aliphatic heterocycles. The molecule has 2 unspecified atom stereocenters. The topological polar surface area (TPSA) is 45.0 Å². The predicted octanol–water partition coefficient (Wildman–Crippen LogP) is 2.35. The SMILES string of the molecule is CC1OCCC1(C)NCc1cccc(C#N)c1F. The van der Waals surface area contributed by atoms with Crippen molar-refractivity contribution in [1.82, 2.24) is 5.32 Å². The quantitative estimate of drug-likeness (QED) is 0.893. The van der Waals surface area contributed by atoms with Crippen LogP contribution in [0, 0.1) is 17.1 Å². The van der Waals surface area contributed by atoms with Crippen molar-refractivity contribution in [3.8, 4) is 6.07 Å². The summed E-state index contributed by atoms with van der Waals surface area (Å²) in [4.78, 5) is 0. The minimum absolute atomic E-state index is 0.0928. The van der Waals surface area contributed by atoms with Crippen LogP contribution in [0.5, 0.6) is 0 Å². The van der Waals surface area contributed by atoms with Crippen molar-refractivity contribution >= 4 is 0 Å². The fourth-order valence-corrected chi connectivity index (χ4v) is 2.17. The van der Waals surface area contributed by atoms with Crippen molar-refractivity contribution < 1.29 is 9.13 Å². The van der Waals surface area contributed by atoms with Gasteiger partial charge in [0.2, 0.25) is 0 Å². The first-order chi connectivity index (χ1) is 8.57. The molecule has 1 aromatic carbocycles. The van der Waals surface area contributed by atoms with Crippen LogP contribution in [-0.4, -0.2) is 18.2 Å². The van der Waals surface area contributed by atoms with Gasteiger partial charge in [0, 0.05) is 24.3 Å². The molecule has 1 fully saturated rings. The van der Waals surface area contributed by atoms with E-state index in [4.69, 9.17) is 10.00 Å². The van der Waals surface area contributed by atoms with E-state index in [-0.39, 0.29) is 17.2 Å². The molecule has 1 saturated heterocycles. The zero-order chi connectivity index (χ0) is 13.2. The smallest absolute Gasteiger partial charge is 0.145 e. The second-order valence-corrected chi connectivity index (χ2v) is 4.92. The third kappa shape index (κ3) is 2.38. The minimum Gasteiger partial charge on any atom is -0.377 e.